The van der Waals surface area contributed by atoms with Gasteiger partial charge >= 0.3 is 0 Å². The minimum atomic E-state index is -1.08. The number of nitrogens with two attached hydrogens (primary N) is 1. The van der Waals surface area contributed by atoms with Crippen LogP contribution in [0.2, 0.25) is 0 Å². The first-order valence-corrected chi connectivity index (χ1v) is 7.15. The van der Waals surface area contributed by atoms with Crippen LogP contribution in [0, 0.1) is 11.6 Å². The SMILES string of the molecule is CC(Oc1ccc(F)c(F)c1)C(=O)NC(C(N)=O)c1ccccc1. The van der Waals surface area contributed by atoms with E-state index in [1.54, 1.807) is 30.3 Å². The summed E-state index contributed by atoms with van der Waals surface area (Å²) in [5, 5.41) is 2.47. The predicted octanol–water partition coefficient (Wildman–Crippen LogP) is 2.07. The van der Waals surface area contributed by atoms with Crippen LogP contribution >= 0.6 is 0 Å². The molecule has 0 radical (unpaired) electrons. The van der Waals surface area contributed by atoms with Crippen LogP contribution in [-0.4, -0.2) is 17.9 Å². The van der Waals surface area contributed by atoms with Crippen molar-refractivity contribution in [1.82, 2.24) is 5.32 Å². The summed E-state index contributed by atoms with van der Waals surface area (Å²) in [6.07, 6.45) is -1.04. The molecule has 2 rings (SSSR count). The van der Waals surface area contributed by atoms with Gasteiger partial charge in [0, 0.05) is 6.07 Å². The second kappa shape index (κ2) is 7.54. The molecule has 0 aromatic heterocycles. The molecule has 2 aromatic carbocycles. The zero-order valence-corrected chi connectivity index (χ0v) is 12.8. The highest BCUT2D eigenvalue weighted by Gasteiger charge is 2.24. The Balaban J connectivity index is 2.06. The van der Waals surface area contributed by atoms with Crippen molar-refractivity contribution in [2.24, 2.45) is 5.73 Å². The average molecular weight is 334 g/mol. The molecule has 24 heavy (non-hydrogen) atoms. The highest BCUT2D eigenvalue weighted by atomic mass is 19.2. The van der Waals surface area contributed by atoms with Crippen LogP contribution in [0.5, 0.6) is 5.75 Å². The third kappa shape index (κ3) is 4.28. The summed E-state index contributed by atoms with van der Waals surface area (Å²) in [5.74, 6) is -3.45. The van der Waals surface area contributed by atoms with E-state index < -0.39 is 35.6 Å². The minimum Gasteiger partial charge on any atom is -0.481 e. The standard InChI is InChI=1S/C17H16F2N2O3/c1-10(24-12-7-8-13(18)14(19)9-12)17(23)21-15(16(20)22)11-5-3-2-4-6-11/h2-10,15H,1H3,(H2,20,22)(H,21,23). The Morgan fingerprint density at radius 2 is 1.75 bits per heavy atom. The lowest BCUT2D eigenvalue weighted by Gasteiger charge is -2.19. The van der Waals surface area contributed by atoms with Gasteiger partial charge in [0.15, 0.2) is 17.7 Å². The van der Waals surface area contributed by atoms with E-state index in [4.69, 9.17) is 10.5 Å². The Bertz CT molecular complexity index is 738. The summed E-state index contributed by atoms with van der Waals surface area (Å²) >= 11 is 0. The van der Waals surface area contributed by atoms with Gasteiger partial charge in [0.1, 0.15) is 11.8 Å². The molecule has 7 heteroatoms. The largest absolute Gasteiger partial charge is 0.481 e. The fraction of sp³-hybridized carbons (Fsp3) is 0.176. The van der Waals surface area contributed by atoms with E-state index in [2.05, 4.69) is 5.32 Å². The first-order valence-electron chi connectivity index (χ1n) is 7.15. The van der Waals surface area contributed by atoms with E-state index in [0.29, 0.717) is 5.56 Å². The monoisotopic (exact) mass is 334 g/mol. The van der Waals surface area contributed by atoms with Gasteiger partial charge in [-0.3, -0.25) is 9.59 Å². The molecule has 0 saturated carbocycles. The van der Waals surface area contributed by atoms with Crippen LogP contribution in [0.25, 0.3) is 0 Å². The van der Waals surface area contributed by atoms with Gasteiger partial charge in [0.2, 0.25) is 5.91 Å². The maximum absolute atomic E-state index is 13.2. The first kappa shape index (κ1) is 17.4. The van der Waals surface area contributed by atoms with E-state index >= 15 is 0 Å². The van der Waals surface area contributed by atoms with Crippen molar-refractivity contribution in [3.05, 3.63) is 65.7 Å². The second-order valence-electron chi connectivity index (χ2n) is 5.09. The summed E-state index contributed by atoms with van der Waals surface area (Å²) < 4.78 is 31.3. The number of hydrogen-bond donors (Lipinski definition) is 2. The van der Waals surface area contributed by atoms with E-state index in [1.165, 1.54) is 13.0 Å². The van der Waals surface area contributed by atoms with E-state index in [0.717, 1.165) is 12.1 Å². The number of amides is 2. The van der Waals surface area contributed by atoms with E-state index in [9.17, 15) is 18.4 Å². The van der Waals surface area contributed by atoms with Crippen molar-refractivity contribution in [2.75, 3.05) is 0 Å². The zero-order chi connectivity index (χ0) is 17.7. The lowest BCUT2D eigenvalue weighted by Crippen LogP contribution is -2.43. The third-order valence-electron chi connectivity index (χ3n) is 3.28. The summed E-state index contributed by atoms with van der Waals surface area (Å²) in [4.78, 5) is 23.7. The van der Waals surface area contributed by atoms with E-state index in [1.807, 2.05) is 0 Å². The van der Waals surface area contributed by atoms with Crippen LogP contribution in [0.1, 0.15) is 18.5 Å². The number of rotatable bonds is 6. The first-order chi connectivity index (χ1) is 11.4. The second-order valence-corrected chi connectivity index (χ2v) is 5.09. The summed E-state index contributed by atoms with van der Waals surface area (Å²) in [6, 6.07) is 10.4. The molecule has 0 bridgehead atoms. The number of ether oxygens (including phenoxy) is 1. The van der Waals surface area contributed by atoms with Crippen molar-refractivity contribution >= 4 is 11.8 Å². The Kier molecular flexibility index (Phi) is 5.47. The summed E-state index contributed by atoms with van der Waals surface area (Å²) in [7, 11) is 0. The molecular formula is C17H16F2N2O3. The van der Waals surface area contributed by atoms with Crippen LogP contribution in [-0.2, 0) is 9.59 Å². The van der Waals surface area contributed by atoms with Gasteiger partial charge in [0.25, 0.3) is 5.91 Å². The number of carbonyl (C=O) groups excluding carboxylic acids is 2. The Labute approximate surface area is 137 Å². The number of benzene rings is 2. The molecular weight excluding hydrogens is 318 g/mol. The molecule has 0 heterocycles. The normalized spacial score (nSPS) is 13.0. The average Bonchev–Trinajstić information content (AvgIpc) is 2.56. The number of nitrogens with one attached hydrogen (secondary N) is 1. The molecule has 3 N–H and O–H groups in total. The molecule has 0 aliphatic heterocycles. The Hall–Kier alpha value is -2.96. The summed E-state index contributed by atoms with van der Waals surface area (Å²) in [6.45, 7) is 1.42. The van der Waals surface area contributed by atoms with Gasteiger partial charge in [0.05, 0.1) is 0 Å². The Morgan fingerprint density at radius 1 is 1.08 bits per heavy atom. The highest BCUT2D eigenvalue weighted by molar-refractivity contribution is 5.89. The molecule has 2 unspecified atom stereocenters. The van der Waals surface area contributed by atoms with Gasteiger partial charge in [-0.1, -0.05) is 30.3 Å². The Morgan fingerprint density at radius 3 is 2.33 bits per heavy atom. The van der Waals surface area contributed by atoms with Gasteiger partial charge < -0.3 is 15.8 Å². The maximum Gasteiger partial charge on any atom is 0.261 e. The van der Waals surface area contributed by atoms with Crippen molar-refractivity contribution < 1.29 is 23.1 Å². The van der Waals surface area contributed by atoms with Crippen LogP contribution in [0.4, 0.5) is 8.78 Å². The van der Waals surface area contributed by atoms with E-state index in [-0.39, 0.29) is 5.75 Å². The number of hydrogen-bond acceptors (Lipinski definition) is 3. The third-order valence-corrected chi connectivity index (χ3v) is 3.28. The highest BCUT2D eigenvalue weighted by Crippen LogP contribution is 2.17. The van der Waals surface area contributed by atoms with Crippen LogP contribution < -0.4 is 15.8 Å². The fourth-order valence-corrected chi connectivity index (χ4v) is 2.03. The quantitative estimate of drug-likeness (QED) is 0.848. The lowest BCUT2D eigenvalue weighted by molar-refractivity contribution is -0.131. The fourth-order valence-electron chi connectivity index (χ4n) is 2.03. The molecule has 0 spiro atoms. The van der Waals surface area contributed by atoms with Crippen molar-refractivity contribution in [3.8, 4) is 5.75 Å². The molecule has 2 amide bonds. The molecule has 0 aliphatic carbocycles. The number of carbonyl (C=O) groups is 2. The van der Waals surface area contributed by atoms with Crippen molar-refractivity contribution in [1.29, 1.82) is 0 Å². The number of halogens is 2. The summed E-state index contributed by atoms with van der Waals surface area (Å²) in [5.41, 5.74) is 5.85. The van der Waals surface area contributed by atoms with Crippen molar-refractivity contribution in [2.45, 2.75) is 19.1 Å². The van der Waals surface area contributed by atoms with Gasteiger partial charge in [-0.25, -0.2) is 8.78 Å². The smallest absolute Gasteiger partial charge is 0.261 e. The molecule has 2 aromatic rings. The van der Waals surface area contributed by atoms with Crippen molar-refractivity contribution in [3.63, 3.8) is 0 Å². The maximum atomic E-state index is 13.2. The molecule has 5 nitrogen and oxygen atoms in total. The van der Waals surface area contributed by atoms with Crippen LogP contribution in [0.15, 0.2) is 48.5 Å². The minimum absolute atomic E-state index is 0.00751. The topological polar surface area (TPSA) is 81.4 Å². The molecule has 126 valence electrons. The zero-order valence-electron chi connectivity index (χ0n) is 12.8. The van der Waals surface area contributed by atoms with Gasteiger partial charge in [-0.15, -0.1) is 0 Å². The molecule has 0 saturated heterocycles. The predicted molar refractivity (Wildman–Crippen MR) is 83.0 cm³/mol. The molecule has 0 fully saturated rings. The lowest BCUT2D eigenvalue weighted by atomic mass is 10.1. The molecule has 0 aliphatic rings. The van der Waals surface area contributed by atoms with Crippen LogP contribution in [0.3, 0.4) is 0 Å². The van der Waals surface area contributed by atoms with Gasteiger partial charge in [-0.2, -0.15) is 0 Å². The number of primary amides is 1. The van der Waals surface area contributed by atoms with Gasteiger partial charge in [-0.05, 0) is 24.6 Å². The molecule has 2 atom stereocenters.